The highest BCUT2D eigenvalue weighted by atomic mass is 19.1. The lowest BCUT2D eigenvalue weighted by atomic mass is 9.77. The lowest BCUT2D eigenvalue weighted by Crippen LogP contribution is -2.29. The highest BCUT2D eigenvalue weighted by Gasteiger charge is 2.38. The summed E-state index contributed by atoms with van der Waals surface area (Å²) in [4.78, 5) is 8.48. The van der Waals surface area contributed by atoms with E-state index in [-0.39, 0.29) is 5.82 Å². The van der Waals surface area contributed by atoms with Gasteiger partial charge in [0.2, 0.25) is 0 Å². The number of nitrogens with zero attached hydrogens (tertiary/aromatic N) is 3. The SMILES string of the molecule is CC1=CCC(O)(c2cncc(-c3cc(F)c4cncn4c3)c2C2CC2)CC1. The Morgan fingerprint density at radius 2 is 2.07 bits per heavy atom. The first-order valence-electron chi connectivity index (χ1n) is 9.53. The predicted octanol–water partition coefficient (Wildman–Crippen LogP) is 4.73. The van der Waals surface area contributed by atoms with E-state index in [1.807, 2.05) is 18.6 Å². The zero-order chi connectivity index (χ0) is 18.6. The van der Waals surface area contributed by atoms with Crippen molar-refractivity contribution in [2.24, 2.45) is 0 Å². The summed E-state index contributed by atoms with van der Waals surface area (Å²) in [6.07, 6.45) is 15.2. The van der Waals surface area contributed by atoms with Gasteiger partial charge < -0.3 is 9.51 Å². The molecule has 1 fully saturated rings. The van der Waals surface area contributed by atoms with Gasteiger partial charge in [-0.05, 0) is 56.6 Å². The molecule has 0 saturated heterocycles. The number of aliphatic hydroxyl groups is 1. The first-order valence-corrected chi connectivity index (χ1v) is 9.53. The first kappa shape index (κ1) is 16.6. The Morgan fingerprint density at radius 3 is 2.81 bits per heavy atom. The zero-order valence-electron chi connectivity index (χ0n) is 15.3. The molecule has 0 aromatic carbocycles. The van der Waals surface area contributed by atoms with Crippen LogP contribution in [0.15, 0.2) is 48.8 Å². The largest absolute Gasteiger partial charge is 0.385 e. The molecule has 5 rings (SSSR count). The molecule has 4 nitrogen and oxygen atoms in total. The topological polar surface area (TPSA) is 50.4 Å². The van der Waals surface area contributed by atoms with E-state index in [1.165, 1.54) is 11.8 Å². The molecular formula is C22H22FN3O. The highest BCUT2D eigenvalue weighted by molar-refractivity contribution is 5.71. The third-order valence-corrected chi connectivity index (χ3v) is 5.98. The Balaban J connectivity index is 1.69. The molecule has 0 radical (unpaired) electrons. The van der Waals surface area contributed by atoms with Crippen LogP contribution in [-0.4, -0.2) is 19.5 Å². The van der Waals surface area contributed by atoms with Crippen LogP contribution >= 0.6 is 0 Å². The van der Waals surface area contributed by atoms with Crippen LogP contribution in [0.5, 0.6) is 0 Å². The van der Waals surface area contributed by atoms with Gasteiger partial charge in [0.25, 0.3) is 0 Å². The molecule has 27 heavy (non-hydrogen) atoms. The summed E-state index contributed by atoms with van der Waals surface area (Å²) < 4.78 is 16.3. The molecule has 3 aromatic heterocycles. The normalized spacial score (nSPS) is 22.9. The average Bonchev–Trinajstić information content (AvgIpc) is 3.40. The van der Waals surface area contributed by atoms with Crippen LogP contribution in [0, 0.1) is 5.82 Å². The van der Waals surface area contributed by atoms with E-state index in [4.69, 9.17) is 0 Å². The molecule has 1 atom stereocenters. The molecule has 138 valence electrons. The Hall–Kier alpha value is -2.53. The first-order chi connectivity index (χ1) is 13.0. The lowest BCUT2D eigenvalue weighted by Gasteiger charge is -2.33. The number of aromatic nitrogens is 3. The third-order valence-electron chi connectivity index (χ3n) is 5.98. The molecule has 1 unspecified atom stereocenters. The molecule has 0 bridgehead atoms. The summed E-state index contributed by atoms with van der Waals surface area (Å²) in [5.74, 6) is 0.114. The van der Waals surface area contributed by atoms with Crippen molar-refractivity contribution in [3.05, 3.63) is 65.8 Å². The van der Waals surface area contributed by atoms with Crippen molar-refractivity contribution in [3.8, 4) is 11.1 Å². The Bertz CT molecular complexity index is 1070. The molecule has 0 amide bonds. The van der Waals surface area contributed by atoms with Crippen molar-refractivity contribution >= 4 is 5.52 Å². The number of hydrogen-bond donors (Lipinski definition) is 1. The fraction of sp³-hybridized carbons (Fsp3) is 0.364. The fourth-order valence-electron chi connectivity index (χ4n) is 4.22. The van der Waals surface area contributed by atoms with E-state index in [2.05, 4.69) is 23.0 Å². The van der Waals surface area contributed by atoms with Crippen LogP contribution < -0.4 is 0 Å². The van der Waals surface area contributed by atoms with Crippen LogP contribution in [0.25, 0.3) is 16.6 Å². The van der Waals surface area contributed by atoms with Crippen molar-refractivity contribution in [1.82, 2.24) is 14.4 Å². The van der Waals surface area contributed by atoms with Crippen molar-refractivity contribution in [2.45, 2.75) is 50.5 Å². The molecule has 2 aliphatic rings. The Kier molecular flexibility index (Phi) is 3.69. The molecular weight excluding hydrogens is 341 g/mol. The third kappa shape index (κ3) is 2.77. The minimum absolute atomic E-state index is 0.299. The number of rotatable bonds is 3. The van der Waals surface area contributed by atoms with Gasteiger partial charge in [-0.3, -0.25) is 4.98 Å². The molecule has 3 heterocycles. The van der Waals surface area contributed by atoms with E-state index in [1.54, 1.807) is 16.8 Å². The van der Waals surface area contributed by atoms with Gasteiger partial charge >= 0.3 is 0 Å². The second-order valence-electron chi connectivity index (χ2n) is 7.97. The monoisotopic (exact) mass is 363 g/mol. The summed E-state index contributed by atoms with van der Waals surface area (Å²) in [5.41, 5.74) is 4.64. The number of fused-ring (bicyclic) bond motifs is 1. The molecule has 1 saturated carbocycles. The van der Waals surface area contributed by atoms with Gasteiger partial charge in [-0.2, -0.15) is 0 Å². The van der Waals surface area contributed by atoms with E-state index in [0.717, 1.165) is 41.5 Å². The van der Waals surface area contributed by atoms with Crippen LogP contribution in [0.1, 0.15) is 56.1 Å². The number of allylic oxidation sites excluding steroid dienone is 1. The van der Waals surface area contributed by atoms with Gasteiger partial charge in [0.15, 0.2) is 0 Å². The predicted molar refractivity (Wildman–Crippen MR) is 102 cm³/mol. The maximum atomic E-state index is 14.5. The number of hydrogen-bond acceptors (Lipinski definition) is 3. The molecule has 0 aliphatic heterocycles. The standard InChI is InChI=1S/C22H22FN3O/c1-14-4-6-22(27,7-5-14)18-10-24-9-17(21(18)15-2-3-15)16-8-19(23)20-11-25-13-26(20)12-16/h4,8-13,15,27H,2-3,5-7H2,1H3. The van der Waals surface area contributed by atoms with Crippen LogP contribution in [0.3, 0.4) is 0 Å². The average molecular weight is 363 g/mol. The van der Waals surface area contributed by atoms with Gasteiger partial charge in [-0.15, -0.1) is 0 Å². The number of halogens is 1. The lowest BCUT2D eigenvalue weighted by molar-refractivity contribution is 0.0248. The fourth-order valence-corrected chi connectivity index (χ4v) is 4.22. The molecule has 1 N–H and O–H groups in total. The van der Waals surface area contributed by atoms with Gasteiger partial charge in [0, 0.05) is 35.3 Å². The summed E-state index contributed by atoms with van der Waals surface area (Å²) in [5, 5.41) is 11.4. The van der Waals surface area contributed by atoms with Crippen LogP contribution in [-0.2, 0) is 5.60 Å². The minimum atomic E-state index is -0.891. The summed E-state index contributed by atoms with van der Waals surface area (Å²) in [6.45, 7) is 2.11. The van der Waals surface area contributed by atoms with Gasteiger partial charge in [0.1, 0.15) is 11.3 Å². The van der Waals surface area contributed by atoms with Gasteiger partial charge in [-0.25, -0.2) is 9.37 Å². The molecule has 3 aromatic rings. The van der Waals surface area contributed by atoms with E-state index >= 15 is 0 Å². The molecule has 0 spiro atoms. The number of pyridine rings is 2. The number of imidazole rings is 1. The van der Waals surface area contributed by atoms with Crippen LogP contribution in [0.4, 0.5) is 4.39 Å². The highest BCUT2D eigenvalue weighted by Crippen LogP contribution is 2.50. The smallest absolute Gasteiger partial charge is 0.149 e. The summed E-state index contributed by atoms with van der Waals surface area (Å²) in [7, 11) is 0. The quantitative estimate of drug-likeness (QED) is 0.685. The van der Waals surface area contributed by atoms with E-state index in [9.17, 15) is 9.50 Å². The van der Waals surface area contributed by atoms with Crippen LogP contribution in [0.2, 0.25) is 0 Å². The van der Waals surface area contributed by atoms with Crippen molar-refractivity contribution in [2.75, 3.05) is 0 Å². The minimum Gasteiger partial charge on any atom is -0.385 e. The van der Waals surface area contributed by atoms with E-state index in [0.29, 0.717) is 24.3 Å². The molecule has 2 aliphatic carbocycles. The van der Waals surface area contributed by atoms with Crippen molar-refractivity contribution < 1.29 is 9.50 Å². The zero-order valence-corrected chi connectivity index (χ0v) is 15.3. The van der Waals surface area contributed by atoms with E-state index < -0.39 is 5.60 Å². The van der Waals surface area contributed by atoms with Crippen molar-refractivity contribution in [3.63, 3.8) is 0 Å². The Labute approximate surface area is 157 Å². The maximum absolute atomic E-state index is 14.5. The summed E-state index contributed by atoms with van der Waals surface area (Å²) >= 11 is 0. The second-order valence-corrected chi connectivity index (χ2v) is 7.97. The molecule has 5 heteroatoms. The maximum Gasteiger partial charge on any atom is 0.149 e. The van der Waals surface area contributed by atoms with Crippen molar-refractivity contribution in [1.29, 1.82) is 0 Å². The van der Waals surface area contributed by atoms with Gasteiger partial charge in [0.05, 0.1) is 18.1 Å². The second kappa shape index (κ2) is 5.99. The summed E-state index contributed by atoms with van der Waals surface area (Å²) in [6, 6.07) is 1.55. The Morgan fingerprint density at radius 1 is 1.22 bits per heavy atom. The van der Waals surface area contributed by atoms with Gasteiger partial charge in [-0.1, -0.05) is 11.6 Å².